The van der Waals surface area contributed by atoms with Crippen LogP contribution in [0.1, 0.15) is 39.5 Å². The molecule has 0 unspecified atom stereocenters. The highest BCUT2D eigenvalue weighted by atomic mass is 19.1. The predicted octanol–water partition coefficient (Wildman–Crippen LogP) is 4.15. The summed E-state index contributed by atoms with van der Waals surface area (Å²) < 4.78 is 20.0. The number of carboxylic acid groups (broad SMARTS) is 1. The number of aryl methyl sites for hydroxylation is 1. The van der Waals surface area contributed by atoms with E-state index in [-0.39, 0.29) is 17.6 Å². The number of aromatic nitrogens is 1. The number of carbonyl (C=O) groups is 1. The number of halogens is 1. The van der Waals surface area contributed by atoms with Gasteiger partial charge in [-0.05, 0) is 48.7 Å². The van der Waals surface area contributed by atoms with E-state index < -0.39 is 12.1 Å². The van der Waals surface area contributed by atoms with E-state index in [0.717, 1.165) is 46.4 Å². The van der Waals surface area contributed by atoms with Crippen molar-refractivity contribution in [3.05, 3.63) is 64.8 Å². The van der Waals surface area contributed by atoms with E-state index in [1.165, 1.54) is 0 Å². The summed E-state index contributed by atoms with van der Waals surface area (Å²) in [5.74, 6) is -0.0806. The van der Waals surface area contributed by atoms with E-state index in [0.29, 0.717) is 19.5 Å². The first-order valence-electron chi connectivity index (χ1n) is 11.0. The summed E-state index contributed by atoms with van der Waals surface area (Å²) in [5.41, 5.74) is 4.67. The molecule has 0 bridgehead atoms. The lowest BCUT2D eigenvalue weighted by Crippen LogP contribution is -2.51. The molecule has 1 aromatic heterocycles. The smallest absolute Gasteiger partial charge is 0.335 e. The minimum atomic E-state index is -0.934. The molecule has 0 aliphatic carbocycles. The summed E-state index contributed by atoms with van der Waals surface area (Å²) in [7, 11) is 1.70. The van der Waals surface area contributed by atoms with Crippen molar-refractivity contribution in [3.63, 3.8) is 0 Å². The van der Waals surface area contributed by atoms with E-state index in [1.54, 1.807) is 19.2 Å². The molecule has 0 amide bonds. The molecule has 6 nitrogen and oxygen atoms in total. The number of carboxylic acids is 1. The van der Waals surface area contributed by atoms with Gasteiger partial charge >= 0.3 is 5.97 Å². The summed E-state index contributed by atoms with van der Waals surface area (Å²) >= 11 is 0. The van der Waals surface area contributed by atoms with E-state index >= 15 is 0 Å². The number of methoxy groups -OCH3 is 1. The van der Waals surface area contributed by atoms with Crippen molar-refractivity contribution in [2.75, 3.05) is 26.7 Å². The third kappa shape index (κ3) is 3.65. The maximum atomic E-state index is 14.2. The zero-order valence-electron chi connectivity index (χ0n) is 18.3. The highest BCUT2D eigenvalue weighted by molar-refractivity contribution is 5.88. The lowest BCUT2D eigenvalue weighted by atomic mass is 9.96. The van der Waals surface area contributed by atoms with Gasteiger partial charge in [-0.1, -0.05) is 12.1 Å². The fourth-order valence-corrected chi connectivity index (χ4v) is 5.39. The SMILES string of the molecule is COc1cc(C)c2[nH]ccc2c1CN1C[C@H]2C[C@H](F)CN2C[C@H]1c1ccc(C(=O)O)cc1. The molecule has 2 aromatic carbocycles. The first-order chi connectivity index (χ1) is 15.4. The second kappa shape index (κ2) is 8.22. The van der Waals surface area contributed by atoms with Crippen molar-refractivity contribution in [3.8, 4) is 5.75 Å². The van der Waals surface area contributed by atoms with Crippen LogP contribution in [0.25, 0.3) is 10.9 Å². The fourth-order valence-electron chi connectivity index (χ4n) is 5.39. The first-order valence-corrected chi connectivity index (χ1v) is 11.0. The number of nitrogens with zero attached hydrogens (tertiary/aromatic N) is 2. The number of hydrogen-bond acceptors (Lipinski definition) is 4. The molecule has 5 rings (SSSR count). The minimum Gasteiger partial charge on any atom is -0.496 e. The number of rotatable bonds is 5. The molecular weight excluding hydrogens is 409 g/mol. The fraction of sp³-hybridized carbons (Fsp3) is 0.400. The summed E-state index contributed by atoms with van der Waals surface area (Å²) in [6.07, 6.45) is 1.72. The Morgan fingerprint density at radius 1 is 1.22 bits per heavy atom. The zero-order valence-corrected chi connectivity index (χ0v) is 18.3. The number of alkyl halides is 1. The Labute approximate surface area is 186 Å². The number of piperazine rings is 1. The van der Waals surface area contributed by atoms with Gasteiger partial charge in [-0.2, -0.15) is 0 Å². The monoisotopic (exact) mass is 437 g/mol. The first kappa shape index (κ1) is 21.0. The molecule has 32 heavy (non-hydrogen) atoms. The molecule has 0 saturated carbocycles. The van der Waals surface area contributed by atoms with Gasteiger partial charge in [-0.25, -0.2) is 9.18 Å². The average molecular weight is 438 g/mol. The van der Waals surface area contributed by atoms with Crippen LogP contribution in [0, 0.1) is 6.92 Å². The van der Waals surface area contributed by atoms with Crippen LogP contribution in [0.3, 0.4) is 0 Å². The van der Waals surface area contributed by atoms with Gasteiger partial charge in [0, 0.05) is 60.9 Å². The number of ether oxygens (including phenoxy) is 1. The van der Waals surface area contributed by atoms with Crippen LogP contribution >= 0.6 is 0 Å². The molecule has 3 aromatic rings. The molecule has 168 valence electrons. The van der Waals surface area contributed by atoms with E-state index in [1.807, 2.05) is 18.3 Å². The van der Waals surface area contributed by atoms with Crippen LogP contribution < -0.4 is 4.74 Å². The van der Waals surface area contributed by atoms with Crippen molar-refractivity contribution < 1.29 is 19.0 Å². The summed E-state index contributed by atoms with van der Waals surface area (Å²) in [6, 6.07) is 11.5. The van der Waals surface area contributed by atoms with E-state index in [4.69, 9.17) is 4.74 Å². The summed E-state index contributed by atoms with van der Waals surface area (Å²) in [6.45, 7) is 4.69. The third-order valence-corrected chi connectivity index (χ3v) is 7.01. The maximum absolute atomic E-state index is 14.2. The lowest BCUT2D eigenvalue weighted by molar-refractivity contribution is 0.0441. The molecule has 7 heteroatoms. The van der Waals surface area contributed by atoms with Crippen molar-refractivity contribution in [1.82, 2.24) is 14.8 Å². The Bertz CT molecular complexity index is 1140. The van der Waals surface area contributed by atoms with Crippen LogP contribution in [-0.2, 0) is 6.54 Å². The quantitative estimate of drug-likeness (QED) is 0.628. The molecule has 2 N–H and O–H groups in total. The number of benzene rings is 2. The Hall–Kier alpha value is -2.90. The molecule has 3 heterocycles. The molecular formula is C25H28FN3O3. The number of aromatic amines is 1. The zero-order chi connectivity index (χ0) is 22.4. The predicted molar refractivity (Wildman–Crippen MR) is 121 cm³/mol. The van der Waals surface area contributed by atoms with Crippen LogP contribution in [0.15, 0.2) is 42.6 Å². The van der Waals surface area contributed by atoms with Crippen LogP contribution in [0.5, 0.6) is 5.75 Å². The topological polar surface area (TPSA) is 68.8 Å². The van der Waals surface area contributed by atoms with Crippen molar-refractivity contribution in [1.29, 1.82) is 0 Å². The van der Waals surface area contributed by atoms with E-state index in [2.05, 4.69) is 33.8 Å². The Kier molecular flexibility index (Phi) is 5.39. The van der Waals surface area contributed by atoms with Gasteiger partial charge in [-0.3, -0.25) is 9.80 Å². The molecule has 3 atom stereocenters. The molecule has 2 aliphatic heterocycles. The second-order valence-corrected chi connectivity index (χ2v) is 8.95. The largest absolute Gasteiger partial charge is 0.496 e. The minimum absolute atomic E-state index is 0.0411. The molecule has 2 saturated heterocycles. The average Bonchev–Trinajstić information content (AvgIpc) is 3.41. The van der Waals surface area contributed by atoms with Gasteiger partial charge in [0.25, 0.3) is 0 Å². The molecule has 2 fully saturated rings. The Morgan fingerprint density at radius 2 is 2.00 bits per heavy atom. The van der Waals surface area contributed by atoms with Gasteiger partial charge in [0.05, 0.1) is 12.7 Å². The van der Waals surface area contributed by atoms with Gasteiger partial charge in [0.2, 0.25) is 0 Å². The number of H-pyrrole nitrogens is 1. The molecule has 2 aliphatic rings. The molecule has 0 radical (unpaired) electrons. The highest BCUT2D eigenvalue weighted by Gasteiger charge is 2.41. The Morgan fingerprint density at radius 3 is 2.72 bits per heavy atom. The highest BCUT2D eigenvalue weighted by Crippen LogP contribution is 2.38. The van der Waals surface area contributed by atoms with Gasteiger partial charge in [0.1, 0.15) is 11.9 Å². The normalized spacial score (nSPS) is 24.0. The van der Waals surface area contributed by atoms with Crippen molar-refractivity contribution >= 4 is 16.9 Å². The van der Waals surface area contributed by atoms with E-state index in [9.17, 15) is 14.3 Å². The number of hydrogen-bond donors (Lipinski definition) is 2. The van der Waals surface area contributed by atoms with Gasteiger partial charge < -0.3 is 14.8 Å². The Balaban J connectivity index is 1.52. The lowest BCUT2D eigenvalue weighted by Gasteiger charge is -2.44. The maximum Gasteiger partial charge on any atom is 0.335 e. The van der Waals surface area contributed by atoms with Crippen LogP contribution in [-0.4, -0.2) is 64.8 Å². The van der Waals surface area contributed by atoms with Gasteiger partial charge in [-0.15, -0.1) is 0 Å². The summed E-state index contributed by atoms with van der Waals surface area (Å²) in [4.78, 5) is 19.3. The second-order valence-electron chi connectivity index (χ2n) is 8.95. The van der Waals surface area contributed by atoms with Crippen LogP contribution in [0.4, 0.5) is 4.39 Å². The van der Waals surface area contributed by atoms with Crippen molar-refractivity contribution in [2.45, 2.75) is 38.1 Å². The third-order valence-electron chi connectivity index (χ3n) is 7.01. The standard InChI is InChI=1S/C25H28FN3O3/c1-15-9-23(32-2)21(20-7-8-27-24(15)20)13-29-12-19-10-18(26)11-28(19)14-22(29)16-3-5-17(6-4-16)25(30)31/h3-9,18-19,22,27H,10-14H2,1-2H3,(H,30,31)/t18-,19+,22-/m0/s1. The van der Waals surface area contributed by atoms with Crippen LogP contribution in [0.2, 0.25) is 0 Å². The number of aromatic carboxylic acids is 1. The number of fused-ring (bicyclic) bond motifs is 2. The summed E-state index contributed by atoms with van der Waals surface area (Å²) in [5, 5.41) is 10.4. The molecule has 0 spiro atoms. The number of nitrogens with one attached hydrogen (secondary N) is 1. The van der Waals surface area contributed by atoms with Crippen molar-refractivity contribution in [2.24, 2.45) is 0 Å². The van der Waals surface area contributed by atoms with Gasteiger partial charge in [0.15, 0.2) is 0 Å².